The number of carbonyl (C=O) groups is 1. The van der Waals surface area contributed by atoms with Crippen LogP contribution in [-0.2, 0) is 0 Å². The highest BCUT2D eigenvalue weighted by molar-refractivity contribution is 9.10. The van der Waals surface area contributed by atoms with Crippen LogP contribution in [-0.4, -0.2) is 30.4 Å². The molecule has 0 spiro atoms. The lowest BCUT2D eigenvalue weighted by Crippen LogP contribution is -2.42. The molecule has 1 N–H and O–H groups in total. The minimum absolute atomic E-state index is 0.0601. The molecule has 0 aliphatic heterocycles. The minimum Gasteiger partial charge on any atom is -0.387 e. The molecule has 1 amide bonds. The van der Waals surface area contributed by atoms with Crippen molar-refractivity contribution < 1.29 is 4.79 Å². The first-order chi connectivity index (χ1) is 8.18. The van der Waals surface area contributed by atoms with Gasteiger partial charge in [0.25, 0.3) is 5.91 Å². The normalized spacial score (nSPS) is 11.3. The molecule has 0 saturated heterocycles. The van der Waals surface area contributed by atoms with Crippen LogP contribution in [0.25, 0.3) is 0 Å². The van der Waals surface area contributed by atoms with Crippen molar-refractivity contribution in [3.05, 3.63) is 27.2 Å². The van der Waals surface area contributed by atoms with Gasteiger partial charge in [-0.3, -0.25) is 4.79 Å². The second-order valence-corrected chi connectivity index (χ2v) is 6.39. The maximum atomic E-state index is 12.5. The fourth-order valence-electron chi connectivity index (χ4n) is 1.48. The summed E-state index contributed by atoms with van der Waals surface area (Å²) in [4.78, 5) is 14.2. The van der Waals surface area contributed by atoms with Crippen LogP contribution in [0.3, 0.4) is 0 Å². The van der Waals surface area contributed by atoms with Gasteiger partial charge in [-0.15, -0.1) is 0 Å². The maximum absolute atomic E-state index is 12.5. The Morgan fingerprint density at radius 3 is 2.39 bits per heavy atom. The summed E-state index contributed by atoms with van der Waals surface area (Å²) in [7, 11) is 3.57. The van der Waals surface area contributed by atoms with Crippen molar-refractivity contribution in [1.29, 1.82) is 0 Å². The van der Waals surface area contributed by atoms with Gasteiger partial charge in [0.1, 0.15) is 0 Å². The van der Waals surface area contributed by atoms with Crippen molar-refractivity contribution in [1.82, 2.24) is 4.90 Å². The molecular weight excluding hydrogens is 316 g/mol. The van der Waals surface area contributed by atoms with Crippen LogP contribution in [0.15, 0.2) is 16.6 Å². The van der Waals surface area contributed by atoms with E-state index in [0.717, 1.165) is 10.2 Å². The number of amides is 1. The summed E-state index contributed by atoms with van der Waals surface area (Å²) in [5, 5.41) is 3.56. The summed E-state index contributed by atoms with van der Waals surface area (Å²) in [6, 6.07) is 3.45. The van der Waals surface area contributed by atoms with E-state index in [2.05, 4.69) is 21.2 Å². The summed E-state index contributed by atoms with van der Waals surface area (Å²) in [5.41, 5.74) is 1.08. The van der Waals surface area contributed by atoms with E-state index in [1.807, 2.05) is 20.8 Å². The second kappa shape index (κ2) is 5.49. The Labute approximate surface area is 122 Å². The third-order valence-corrected chi connectivity index (χ3v) is 3.69. The molecule has 0 atom stereocenters. The number of halogens is 2. The van der Waals surface area contributed by atoms with Crippen LogP contribution in [0.2, 0.25) is 5.02 Å². The monoisotopic (exact) mass is 332 g/mol. The van der Waals surface area contributed by atoms with E-state index in [1.54, 1.807) is 31.1 Å². The van der Waals surface area contributed by atoms with Crippen molar-refractivity contribution >= 4 is 39.1 Å². The molecule has 18 heavy (non-hydrogen) atoms. The zero-order chi connectivity index (χ0) is 14.1. The molecule has 0 aliphatic carbocycles. The lowest BCUT2D eigenvalue weighted by Gasteiger charge is -2.32. The van der Waals surface area contributed by atoms with E-state index < -0.39 is 0 Å². The number of anilines is 1. The van der Waals surface area contributed by atoms with E-state index >= 15 is 0 Å². The van der Waals surface area contributed by atoms with E-state index in [-0.39, 0.29) is 11.4 Å². The molecular formula is C13H18BrClN2O. The SMILES string of the molecule is CNc1c(Br)cc(Cl)cc1C(=O)N(C)C(C)(C)C. The van der Waals surface area contributed by atoms with Gasteiger partial charge < -0.3 is 10.2 Å². The number of rotatable bonds is 2. The molecule has 5 heteroatoms. The molecule has 1 aromatic rings. The van der Waals surface area contributed by atoms with Gasteiger partial charge in [-0.2, -0.15) is 0 Å². The van der Waals surface area contributed by atoms with Gasteiger partial charge >= 0.3 is 0 Å². The molecule has 0 saturated carbocycles. The lowest BCUT2D eigenvalue weighted by atomic mass is 10.0. The summed E-state index contributed by atoms with van der Waals surface area (Å²) < 4.78 is 0.781. The van der Waals surface area contributed by atoms with Crippen LogP contribution < -0.4 is 5.32 Å². The zero-order valence-electron chi connectivity index (χ0n) is 11.3. The largest absolute Gasteiger partial charge is 0.387 e. The first-order valence-corrected chi connectivity index (χ1v) is 6.80. The van der Waals surface area contributed by atoms with Gasteiger partial charge in [0, 0.05) is 29.1 Å². The Morgan fingerprint density at radius 1 is 1.39 bits per heavy atom. The second-order valence-electron chi connectivity index (χ2n) is 5.10. The van der Waals surface area contributed by atoms with E-state index in [1.165, 1.54) is 0 Å². The highest BCUT2D eigenvalue weighted by Crippen LogP contribution is 2.31. The molecule has 0 unspecified atom stereocenters. The highest BCUT2D eigenvalue weighted by atomic mass is 79.9. The number of hydrogen-bond donors (Lipinski definition) is 1. The van der Waals surface area contributed by atoms with Crippen LogP contribution in [0.4, 0.5) is 5.69 Å². The number of nitrogens with one attached hydrogen (secondary N) is 1. The van der Waals surface area contributed by atoms with Gasteiger partial charge in [-0.25, -0.2) is 0 Å². The average molecular weight is 334 g/mol. The standard InChI is InChI=1S/C13H18BrClN2O/c1-13(2,3)17(5)12(18)9-6-8(15)7-10(14)11(9)16-4/h6-7,16H,1-5H3. The minimum atomic E-state index is -0.239. The predicted molar refractivity (Wildman–Crippen MR) is 80.5 cm³/mol. The van der Waals surface area contributed by atoms with Crippen LogP contribution >= 0.6 is 27.5 Å². The number of carbonyl (C=O) groups excluding carboxylic acids is 1. The summed E-state index contributed by atoms with van der Waals surface area (Å²) in [6.45, 7) is 5.97. The number of nitrogens with zero attached hydrogens (tertiary/aromatic N) is 1. The third-order valence-electron chi connectivity index (χ3n) is 2.85. The van der Waals surface area contributed by atoms with Gasteiger partial charge in [-0.05, 0) is 48.8 Å². The fourth-order valence-corrected chi connectivity index (χ4v) is 2.49. The van der Waals surface area contributed by atoms with E-state index in [0.29, 0.717) is 10.6 Å². The van der Waals surface area contributed by atoms with Gasteiger partial charge in [0.2, 0.25) is 0 Å². The van der Waals surface area contributed by atoms with Crippen LogP contribution in [0, 0.1) is 0 Å². The molecule has 1 aromatic carbocycles. The molecule has 1 rings (SSSR count). The topological polar surface area (TPSA) is 32.3 Å². The molecule has 0 aromatic heterocycles. The Hall–Kier alpha value is -0.740. The quantitative estimate of drug-likeness (QED) is 0.886. The van der Waals surface area contributed by atoms with Gasteiger partial charge in [0.15, 0.2) is 0 Å². The van der Waals surface area contributed by atoms with Crippen molar-refractivity contribution in [2.75, 3.05) is 19.4 Å². The van der Waals surface area contributed by atoms with Gasteiger partial charge in [0.05, 0.1) is 11.3 Å². The Kier molecular flexibility index (Phi) is 4.67. The van der Waals surface area contributed by atoms with E-state index in [4.69, 9.17) is 11.6 Å². The molecule has 0 bridgehead atoms. The predicted octanol–water partition coefficient (Wildman–Crippen LogP) is 4.01. The summed E-state index contributed by atoms with van der Waals surface area (Å²) in [6.07, 6.45) is 0. The molecule has 3 nitrogen and oxygen atoms in total. The average Bonchev–Trinajstić information content (AvgIpc) is 2.24. The molecule has 100 valence electrons. The summed E-state index contributed by atoms with van der Waals surface area (Å²) >= 11 is 9.42. The van der Waals surface area contributed by atoms with Crippen molar-refractivity contribution in [2.24, 2.45) is 0 Å². The highest BCUT2D eigenvalue weighted by Gasteiger charge is 2.26. The maximum Gasteiger partial charge on any atom is 0.256 e. The zero-order valence-corrected chi connectivity index (χ0v) is 13.6. The Bertz CT molecular complexity index is 469. The molecule has 0 aliphatic rings. The van der Waals surface area contributed by atoms with Gasteiger partial charge in [-0.1, -0.05) is 11.6 Å². The lowest BCUT2D eigenvalue weighted by molar-refractivity contribution is 0.0657. The Morgan fingerprint density at radius 2 is 1.94 bits per heavy atom. The first kappa shape index (κ1) is 15.3. The smallest absolute Gasteiger partial charge is 0.256 e. The van der Waals surface area contributed by atoms with Crippen molar-refractivity contribution in [3.8, 4) is 0 Å². The van der Waals surface area contributed by atoms with Crippen LogP contribution in [0.1, 0.15) is 31.1 Å². The first-order valence-electron chi connectivity index (χ1n) is 5.63. The number of hydrogen-bond acceptors (Lipinski definition) is 2. The molecule has 0 fully saturated rings. The molecule has 0 heterocycles. The van der Waals surface area contributed by atoms with Crippen molar-refractivity contribution in [3.63, 3.8) is 0 Å². The molecule has 0 radical (unpaired) electrons. The third kappa shape index (κ3) is 3.18. The van der Waals surface area contributed by atoms with Crippen molar-refractivity contribution in [2.45, 2.75) is 26.3 Å². The Balaban J connectivity index is 3.29. The van der Waals surface area contributed by atoms with Crippen LogP contribution in [0.5, 0.6) is 0 Å². The fraction of sp³-hybridized carbons (Fsp3) is 0.462. The number of benzene rings is 1. The summed E-state index contributed by atoms with van der Waals surface area (Å²) in [5.74, 6) is -0.0601. The van der Waals surface area contributed by atoms with E-state index in [9.17, 15) is 4.79 Å².